The average molecular weight is 332 g/mol. The van der Waals surface area contributed by atoms with Crippen LogP contribution >= 0.6 is 0 Å². The van der Waals surface area contributed by atoms with E-state index in [0.29, 0.717) is 11.3 Å². The van der Waals surface area contributed by atoms with Gasteiger partial charge in [0.2, 0.25) is 0 Å². The Kier molecular flexibility index (Phi) is 5.95. The van der Waals surface area contributed by atoms with Crippen molar-refractivity contribution < 1.29 is 23.9 Å². The summed E-state index contributed by atoms with van der Waals surface area (Å²) in [5.74, 6) is -0.655. The van der Waals surface area contributed by atoms with Gasteiger partial charge < -0.3 is 14.8 Å². The van der Waals surface area contributed by atoms with Gasteiger partial charge in [0.05, 0.1) is 5.57 Å². The number of fused-ring (bicyclic) bond motifs is 1. The highest BCUT2D eigenvalue weighted by molar-refractivity contribution is 5.98. The quantitative estimate of drug-likeness (QED) is 0.799. The topological polar surface area (TPSA) is 93.7 Å². The lowest BCUT2D eigenvalue weighted by molar-refractivity contribution is -0.144. The summed E-state index contributed by atoms with van der Waals surface area (Å²) in [6.45, 7) is 3.27. The molecular weight excluding hydrogens is 312 g/mol. The van der Waals surface area contributed by atoms with Crippen molar-refractivity contribution in [2.45, 2.75) is 26.3 Å². The summed E-state index contributed by atoms with van der Waals surface area (Å²) in [7, 11) is 0. The predicted molar refractivity (Wildman–Crippen MR) is 87.3 cm³/mol. The summed E-state index contributed by atoms with van der Waals surface area (Å²) in [5.41, 5.74) is 1.08. The SMILES string of the molecule is CC[C@@H](C)NC(=O)NC(=O)COC(=O)C1=Cc2ccccc2OC1. The summed E-state index contributed by atoms with van der Waals surface area (Å²) >= 11 is 0. The van der Waals surface area contributed by atoms with Crippen LogP contribution in [0.15, 0.2) is 29.8 Å². The van der Waals surface area contributed by atoms with Gasteiger partial charge in [-0.05, 0) is 25.5 Å². The van der Waals surface area contributed by atoms with Gasteiger partial charge in [-0.1, -0.05) is 25.1 Å². The molecule has 0 spiro atoms. The molecule has 24 heavy (non-hydrogen) atoms. The summed E-state index contributed by atoms with van der Waals surface area (Å²) < 4.78 is 10.4. The maximum atomic E-state index is 12.0. The average Bonchev–Trinajstić information content (AvgIpc) is 2.58. The normalized spacial score (nSPS) is 13.7. The molecule has 7 nitrogen and oxygen atoms in total. The molecule has 1 atom stereocenters. The van der Waals surface area contributed by atoms with E-state index in [2.05, 4.69) is 10.6 Å². The van der Waals surface area contributed by atoms with Crippen LogP contribution in [0.1, 0.15) is 25.8 Å². The first-order valence-corrected chi connectivity index (χ1v) is 7.69. The number of hydrogen-bond acceptors (Lipinski definition) is 5. The summed E-state index contributed by atoms with van der Waals surface area (Å²) in [4.78, 5) is 35.1. The largest absolute Gasteiger partial charge is 0.488 e. The number of imide groups is 1. The molecular formula is C17H20N2O5. The van der Waals surface area contributed by atoms with E-state index in [-0.39, 0.29) is 12.6 Å². The lowest BCUT2D eigenvalue weighted by atomic mass is 10.1. The number of benzene rings is 1. The predicted octanol–water partition coefficient (Wildman–Crippen LogP) is 1.63. The molecule has 2 N–H and O–H groups in total. The monoisotopic (exact) mass is 332 g/mol. The number of carbonyl (C=O) groups excluding carboxylic acids is 3. The number of ether oxygens (including phenoxy) is 2. The van der Waals surface area contributed by atoms with Crippen LogP contribution in [0.3, 0.4) is 0 Å². The zero-order valence-electron chi connectivity index (χ0n) is 13.6. The molecule has 0 radical (unpaired) electrons. The van der Waals surface area contributed by atoms with Crippen molar-refractivity contribution in [1.29, 1.82) is 0 Å². The van der Waals surface area contributed by atoms with Crippen LogP contribution in [0, 0.1) is 0 Å². The fourth-order valence-corrected chi connectivity index (χ4v) is 1.98. The molecule has 0 fully saturated rings. The first-order valence-electron chi connectivity index (χ1n) is 7.69. The number of hydrogen-bond donors (Lipinski definition) is 2. The second kappa shape index (κ2) is 8.14. The first kappa shape index (κ1) is 17.5. The van der Waals surface area contributed by atoms with Crippen molar-refractivity contribution in [2.24, 2.45) is 0 Å². The number of nitrogens with one attached hydrogen (secondary N) is 2. The molecule has 0 bridgehead atoms. The number of amides is 3. The Morgan fingerprint density at radius 1 is 1.29 bits per heavy atom. The van der Waals surface area contributed by atoms with Crippen molar-refractivity contribution in [2.75, 3.05) is 13.2 Å². The summed E-state index contributed by atoms with van der Waals surface area (Å²) in [6, 6.07) is 6.62. The highest BCUT2D eigenvalue weighted by Gasteiger charge is 2.19. The maximum absolute atomic E-state index is 12.0. The molecule has 0 aromatic heterocycles. The number of rotatable bonds is 5. The molecule has 128 valence electrons. The zero-order valence-corrected chi connectivity index (χ0v) is 13.6. The van der Waals surface area contributed by atoms with Gasteiger partial charge in [-0.15, -0.1) is 0 Å². The molecule has 3 amide bonds. The van der Waals surface area contributed by atoms with Crippen LogP contribution in [-0.2, 0) is 14.3 Å². The Labute approximate surface area is 140 Å². The number of urea groups is 1. The van der Waals surface area contributed by atoms with E-state index in [9.17, 15) is 14.4 Å². The Morgan fingerprint density at radius 3 is 2.79 bits per heavy atom. The van der Waals surface area contributed by atoms with Gasteiger partial charge >= 0.3 is 12.0 Å². The molecule has 1 aliphatic heterocycles. The van der Waals surface area contributed by atoms with Crippen molar-refractivity contribution in [3.8, 4) is 5.75 Å². The van der Waals surface area contributed by atoms with Gasteiger partial charge in [-0.2, -0.15) is 0 Å². The summed E-state index contributed by atoms with van der Waals surface area (Å²) in [5, 5.41) is 4.68. The maximum Gasteiger partial charge on any atom is 0.338 e. The van der Waals surface area contributed by atoms with Crippen LogP contribution in [-0.4, -0.2) is 37.2 Å². The molecule has 1 heterocycles. The van der Waals surface area contributed by atoms with Gasteiger partial charge in [0.25, 0.3) is 5.91 Å². The third-order valence-electron chi connectivity index (χ3n) is 3.47. The van der Waals surface area contributed by atoms with Crippen LogP contribution in [0.4, 0.5) is 4.79 Å². The zero-order chi connectivity index (χ0) is 17.5. The molecule has 1 aliphatic rings. The minimum absolute atomic E-state index is 0.0510. The van der Waals surface area contributed by atoms with Gasteiger partial charge in [-0.25, -0.2) is 9.59 Å². The summed E-state index contributed by atoms with van der Waals surface area (Å²) in [6.07, 6.45) is 2.40. The van der Waals surface area contributed by atoms with Crippen molar-refractivity contribution >= 4 is 24.0 Å². The van der Waals surface area contributed by atoms with Gasteiger partial charge in [0, 0.05) is 11.6 Å². The minimum atomic E-state index is -0.693. The highest BCUT2D eigenvalue weighted by atomic mass is 16.5. The third-order valence-corrected chi connectivity index (χ3v) is 3.47. The molecule has 1 aromatic rings. The minimum Gasteiger partial charge on any atom is -0.488 e. The van der Waals surface area contributed by atoms with Crippen molar-refractivity contribution in [1.82, 2.24) is 10.6 Å². The lowest BCUT2D eigenvalue weighted by Gasteiger charge is -2.17. The fourth-order valence-electron chi connectivity index (χ4n) is 1.98. The van der Waals surface area contributed by atoms with E-state index >= 15 is 0 Å². The van der Waals surface area contributed by atoms with E-state index in [0.717, 1.165) is 12.0 Å². The van der Waals surface area contributed by atoms with Gasteiger partial charge in [0.15, 0.2) is 6.61 Å². The van der Waals surface area contributed by atoms with Crippen molar-refractivity contribution in [3.05, 3.63) is 35.4 Å². The second-order valence-corrected chi connectivity index (χ2v) is 5.40. The van der Waals surface area contributed by atoms with Crippen LogP contribution in [0.25, 0.3) is 6.08 Å². The van der Waals surface area contributed by atoms with Gasteiger partial charge in [0.1, 0.15) is 12.4 Å². The highest BCUT2D eigenvalue weighted by Crippen LogP contribution is 2.25. The third kappa shape index (κ3) is 4.84. The Hall–Kier alpha value is -2.83. The van der Waals surface area contributed by atoms with E-state index < -0.39 is 24.5 Å². The van der Waals surface area contributed by atoms with E-state index in [1.807, 2.05) is 32.0 Å². The molecule has 0 saturated heterocycles. The number of para-hydroxylation sites is 1. The smallest absolute Gasteiger partial charge is 0.338 e. The second-order valence-electron chi connectivity index (χ2n) is 5.40. The first-order chi connectivity index (χ1) is 11.5. The van der Waals surface area contributed by atoms with Gasteiger partial charge in [-0.3, -0.25) is 10.1 Å². The van der Waals surface area contributed by atoms with Crippen LogP contribution in [0.5, 0.6) is 5.75 Å². The van der Waals surface area contributed by atoms with E-state index in [1.54, 1.807) is 12.1 Å². The van der Waals surface area contributed by atoms with Crippen LogP contribution in [0.2, 0.25) is 0 Å². The Balaban J connectivity index is 1.82. The molecule has 0 aliphatic carbocycles. The lowest BCUT2D eigenvalue weighted by Crippen LogP contribution is -2.44. The Morgan fingerprint density at radius 2 is 2.04 bits per heavy atom. The van der Waals surface area contributed by atoms with E-state index in [4.69, 9.17) is 9.47 Å². The van der Waals surface area contributed by atoms with E-state index in [1.165, 1.54) is 0 Å². The Bertz CT molecular complexity index is 669. The molecule has 1 aromatic carbocycles. The van der Waals surface area contributed by atoms with Crippen LogP contribution < -0.4 is 15.4 Å². The molecule has 0 unspecified atom stereocenters. The standard InChI is InChI=1S/C17H20N2O5/c1-3-11(2)18-17(22)19-15(20)10-24-16(21)13-8-12-6-4-5-7-14(12)23-9-13/h4-8,11H,3,9-10H2,1-2H3,(H2,18,19,20,22)/t11-/m1/s1. The molecule has 0 saturated carbocycles. The fraction of sp³-hybridized carbons (Fsp3) is 0.353. The number of carbonyl (C=O) groups is 3. The number of esters is 1. The molecule has 2 rings (SSSR count). The van der Waals surface area contributed by atoms with Crippen molar-refractivity contribution in [3.63, 3.8) is 0 Å². The molecule has 7 heteroatoms.